The van der Waals surface area contributed by atoms with Crippen molar-refractivity contribution in [3.8, 4) is 0 Å². The summed E-state index contributed by atoms with van der Waals surface area (Å²) in [6, 6.07) is 10.7. The number of nitrogens with zero attached hydrogens (tertiary/aromatic N) is 4. The summed E-state index contributed by atoms with van der Waals surface area (Å²) in [7, 11) is 0. The molecule has 2 fully saturated rings. The van der Waals surface area contributed by atoms with E-state index < -0.39 is 0 Å². The summed E-state index contributed by atoms with van der Waals surface area (Å²) in [5.74, 6) is 1.58. The van der Waals surface area contributed by atoms with Crippen molar-refractivity contribution in [1.82, 2.24) is 9.80 Å². The third-order valence-corrected chi connectivity index (χ3v) is 5.51. The highest BCUT2D eigenvalue weighted by atomic mass is 127. The van der Waals surface area contributed by atoms with E-state index in [1.54, 1.807) is 0 Å². The maximum Gasteiger partial charge on any atom is 0.191 e. The summed E-state index contributed by atoms with van der Waals surface area (Å²) in [5.41, 5.74) is 7.49. The monoisotopic (exact) mass is 471 g/mol. The molecule has 0 radical (unpaired) electrons. The van der Waals surface area contributed by atoms with E-state index in [1.165, 1.54) is 18.5 Å². The van der Waals surface area contributed by atoms with Crippen LogP contribution in [0.1, 0.15) is 26.2 Å². The second kappa shape index (κ2) is 11.0. The number of anilines is 1. The molecule has 2 saturated heterocycles. The molecule has 0 spiro atoms. The summed E-state index contributed by atoms with van der Waals surface area (Å²) < 4.78 is 0. The largest absolute Gasteiger partial charge is 0.370 e. The molecule has 2 heterocycles. The van der Waals surface area contributed by atoms with Crippen LogP contribution < -0.4 is 10.6 Å². The lowest BCUT2D eigenvalue weighted by molar-refractivity contribution is 0.255. The van der Waals surface area contributed by atoms with Crippen LogP contribution in [0.2, 0.25) is 0 Å². The van der Waals surface area contributed by atoms with Crippen LogP contribution in [0.5, 0.6) is 0 Å². The molecule has 26 heavy (non-hydrogen) atoms. The Kier molecular flexibility index (Phi) is 8.98. The molecule has 3 rings (SSSR count). The van der Waals surface area contributed by atoms with Gasteiger partial charge < -0.3 is 15.5 Å². The number of hydrogen-bond donors (Lipinski definition) is 1. The average molecular weight is 471 g/mol. The summed E-state index contributed by atoms with van der Waals surface area (Å²) in [5, 5.41) is 0. The van der Waals surface area contributed by atoms with E-state index in [-0.39, 0.29) is 24.0 Å². The number of guanidine groups is 1. The van der Waals surface area contributed by atoms with Crippen LogP contribution >= 0.6 is 24.0 Å². The first-order chi connectivity index (χ1) is 12.2. The minimum absolute atomic E-state index is 0. The Labute approximate surface area is 175 Å². The smallest absolute Gasteiger partial charge is 0.191 e. The standard InChI is InChI=1S/C20H33N5.HI/c1-18-8-12-25(13-9-18)20(21)22-10-5-11-23-14-16-24(17-15-23)19-6-3-2-4-7-19;/h2-4,6-7,18H,5,8-17H2,1H3,(H2,21,22);1H. The molecule has 0 amide bonds. The third-order valence-electron chi connectivity index (χ3n) is 5.51. The lowest BCUT2D eigenvalue weighted by Gasteiger charge is -2.36. The Morgan fingerprint density at radius 1 is 1.04 bits per heavy atom. The van der Waals surface area contributed by atoms with Crippen molar-refractivity contribution in [3.05, 3.63) is 30.3 Å². The zero-order valence-electron chi connectivity index (χ0n) is 16.0. The molecular formula is C20H34IN5. The quantitative estimate of drug-likeness (QED) is 0.311. The van der Waals surface area contributed by atoms with E-state index in [0.29, 0.717) is 0 Å². The fraction of sp³-hybridized carbons (Fsp3) is 0.650. The van der Waals surface area contributed by atoms with E-state index in [0.717, 1.165) is 70.7 Å². The van der Waals surface area contributed by atoms with Crippen LogP contribution in [0.25, 0.3) is 0 Å². The summed E-state index contributed by atoms with van der Waals surface area (Å²) in [4.78, 5) is 11.9. The van der Waals surface area contributed by atoms with Gasteiger partial charge in [-0.25, -0.2) is 0 Å². The first-order valence-corrected chi connectivity index (χ1v) is 9.79. The molecule has 0 bridgehead atoms. The van der Waals surface area contributed by atoms with Crippen molar-refractivity contribution in [3.63, 3.8) is 0 Å². The summed E-state index contributed by atoms with van der Waals surface area (Å²) in [6.07, 6.45) is 3.57. The number of nitrogens with two attached hydrogens (primary N) is 1. The Morgan fingerprint density at radius 2 is 1.69 bits per heavy atom. The van der Waals surface area contributed by atoms with E-state index in [1.807, 2.05) is 0 Å². The van der Waals surface area contributed by atoms with Crippen LogP contribution in [0.3, 0.4) is 0 Å². The Morgan fingerprint density at radius 3 is 2.35 bits per heavy atom. The molecule has 5 nitrogen and oxygen atoms in total. The first kappa shape index (κ1) is 21.3. The molecule has 0 unspecified atom stereocenters. The molecule has 6 heteroatoms. The lowest BCUT2D eigenvalue weighted by Crippen LogP contribution is -2.46. The molecule has 0 atom stereocenters. The van der Waals surface area contributed by atoms with Gasteiger partial charge >= 0.3 is 0 Å². The lowest BCUT2D eigenvalue weighted by atomic mass is 10.00. The van der Waals surface area contributed by atoms with E-state index in [9.17, 15) is 0 Å². The molecule has 2 aliphatic rings. The Bertz CT molecular complexity index is 534. The highest BCUT2D eigenvalue weighted by Crippen LogP contribution is 2.16. The van der Waals surface area contributed by atoms with Crippen LogP contribution in [0.15, 0.2) is 35.3 Å². The number of piperidine rings is 1. The van der Waals surface area contributed by atoms with Gasteiger partial charge in [-0.2, -0.15) is 0 Å². The second-order valence-corrected chi connectivity index (χ2v) is 7.43. The van der Waals surface area contributed by atoms with Crippen LogP contribution in [0, 0.1) is 5.92 Å². The molecule has 1 aromatic rings. The summed E-state index contributed by atoms with van der Waals surface area (Å²) >= 11 is 0. The maximum atomic E-state index is 6.15. The molecule has 0 saturated carbocycles. The number of rotatable bonds is 5. The first-order valence-electron chi connectivity index (χ1n) is 9.79. The molecule has 146 valence electrons. The normalized spacial score (nSPS) is 20.1. The molecule has 2 N–H and O–H groups in total. The van der Waals surface area contributed by atoms with Gasteiger partial charge in [0.1, 0.15) is 0 Å². The van der Waals surface area contributed by atoms with Crippen LogP contribution in [-0.2, 0) is 0 Å². The molecular weight excluding hydrogens is 437 g/mol. The minimum Gasteiger partial charge on any atom is -0.370 e. The highest BCUT2D eigenvalue weighted by molar-refractivity contribution is 14.0. The second-order valence-electron chi connectivity index (χ2n) is 7.43. The van der Waals surface area contributed by atoms with Crippen molar-refractivity contribution in [2.45, 2.75) is 26.2 Å². The van der Waals surface area contributed by atoms with Crippen molar-refractivity contribution in [2.75, 3.05) is 57.3 Å². The average Bonchev–Trinajstić information content (AvgIpc) is 2.67. The zero-order chi connectivity index (χ0) is 17.5. The number of piperazine rings is 1. The number of para-hydroxylation sites is 1. The van der Waals surface area contributed by atoms with Crippen LogP contribution in [0.4, 0.5) is 5.69 Å². The molecule has 0 aliphatic carbocycles. The minimum atomic E-state index is 0. The van der Waals surface area contributed by atoms with Gasteiger partial charge in [0.2, 0.25) is 0 Å². The van der Waals surface area contributed by atoms with Gasteiger partial charge in [0, 0.05) is 58.0 Å². The van der Waals surface area contributed by atoms with Crippen molar-refractivity contribution >= 4 is 35.6 Å². The fourth-order valence-electron chi connectivity index (χ4n) is 3.69. The predicted octanol–water partition coefficient (Wildman–Crippen LogP) is 2.86. The van der Waals surface area contributed by atoms with Gasteiger partial charge in [-0.3, -0.25) is 9.89 Å². The summed E-state index contributed by atoms with van der Waals surface area (Å²) in [6.45, 7) is 10.9. The van der Waals surface area contributed by atoms with Crippen molar-refractivity contribution < 1.29 is 0 Å². The van der Waals surface area contributed by atoms with Gasteiger partial charge in [-0.15, -0.1) is 24.0 Å². The third kappa shape index (κ3) is 6.30. The van der Waals surface area contributed by atoms with Crippen molar-refractivity contribution in [1.29, 1.82) is 0 Å². The van der Waals surface area contributed by atoms with E-state index in [2.05, 4.69) is 56.9 Å². The van der Waals surface area contributed by atoms with Gasteiger partial charge in [0.15, 0.2) is 5.96 Å². The van der Waals surface area contributed by atoms with Crippen molar-refractivity contribution in [2.24, 2.45) is 16.6 Å². The van der Waals surface area contributed by atoms with Gasteiger partial charge in [-0.05, 0) is 37.3 Å². The maximum absolute atomic E-state index is 6.15. The van der Waals surface area contributed by atoms with Crippen LogP contribution in [-0.4, -0.2) is 68.1 Å². The number of benzene rings is 1. The Hall–Kier alpha value is -1.02. The SMILES string of the molecule is CC1CCN(C(N)=NCCCN2CCN(c3ccccc3)CC2)CC1.I. The topological polar surface area (TPSA) is 48.1 Å². The molecule has 2 aliphatic heterocycles. The number of aliphatic imine (C=N–C) groups is 1. The predicted molar refractivity (Wildman–Crippen MR) is 122 cm³/mol. The number of halogens is 1. The van der Waals surface area contributed by atoms with E-state index >= 15 is 0 Å². The van der Waals surface area contributed by atoms with Gasteiger partial charge in [0.25, 0.3) is 0 Å². The number of likely N-dealkylation sites (tertiary alicyclic amines) is 1. The van der Waals surface area contributed by atoms with Gasteiger partial charge in [-0.1, -0.05) is 25.1 Å². The fourth-order valence-corrected chi connectivity index (χ4v) is 3.69. The highest BCUT2D eigenvalue weighted by Gasteiger charge is 2.18. The van der Waals surface area contributed by atoms with E-state index in [4.69, 9.17) is 5.73 Å². The molecule has 1 aromatic carbocycles. The number of hydrogen-bond acceptors (Lipinski definition) is 3. The molecule has 0 aromatic heterocycles. The zero-order valence-corrected chi connectivity index (χ0v) is 18.3. The van der Waals surface area contributed by atoms with Gasteiger partial charge in [0.05, 0.1) is 0 Å². The Balaban J connectivity index is 0.00000243.